The van der Waals surface area contributed by atoms with Crippen molar-refractivity contribution in [2.24, 2.45) is 5.11 Å². The van der Waals surface area contributed by atoms with Gasteiger partial charge in [0.15, 0.2) is 0 Å². The molecule has 76 valence electrons. The second-order valence-electron chi connectivity index (χ2n) is 2.70. The molecular weight excluding hydrogens is 252 g/mol. The van der Waals surface area contributed by atoms with Gasteiger partial charge in [0.1, 0.15) is 6.10 Å². The summed E-state index contributed by atoms with van der Waals surface area (Å²) in [6.45, 7) is -0.158. The first-order chi connectivity index (χ1) is 6.65. The lowest BCUT2D eigenvalue weighted by atomic mass is 10.1. The number of aliphatic hydroxyl groups excluding tert-OH is 2. The highest BCUT2D eigenvalue weighted by molar-refractivity contribution is 9.10. The number of hydrogen-bond donors (Lipinski definition) is 3. The molecule has 0 saturated heterocycles. The average Bonchev–Trinajstić information content (AvgIpc) is 2.60. The summed E-state index contributed by atoms with van der Waals surface area (Å²) >= 11 is 3.20. The minimum Gasteiger partial charge on any atom is -0.390 e. The van der Waals surface area contributed by atoms with Crippen molar-refractivity contribution in [2.45, 2.75) is 12.2 Å². The molecule has 0 aliphatic heterocycles. The molecule has 0 spiro atoms. The molecule has 3 N–H and O–H groups in total. The van der Waals surface area contributed by atoms with Gasteiger partial charge in [-0.15, -0.1) is 0 Å². The normalized spacial score (nSPS) is 14.5. The molecule has 0 aromatic carbocycles. The molecule has 0 amide bonds. The first-order valence-corrected chi connectivity index (χ1v) is 4.65. The van der Waals surface area contributed by atoms with E-state index in [1.807, 2.05) is 0 Å². The van der Waals surface area contributed by atoms with Crippen molar-refractivity contribution >= 4 is 15.9 Å². The lowest BCUT2D eigenvalue weighted by Gasteiger charge is -2.13. The Kier molecular flexibility index (Phi) is 3.97. The first-order valence-electron chi connectivity index (χ1n) is 3.86. The lowest BCUT2D eigenvalue weighted by Crippen LogP contribution is -2.21. The summed E-state index contributed by atoms with van der Waals surface area (Å²) in [5.74, 6) is 0. The van der Waals surface area contributed by atoms with Crippen molar-refractivity contribution in [1.82, 2.24) is 4.98 Å². The van der Waals surface area contributed by atoms with Crippen molar-refractivity contribution in [3.05, 3.63) is 32.9 Å². The third-order valence-corrected chi connectivity index (χ3v) is 2.14. The van der Waals surface area contributed by atoms with Crippen LogP contribution in [0.1, 0.15) is 11.8 Å². The summed E-state index contributed by atoms with van der Waals surface area (Å²) in [5, 5.41) is 22.1. The maximum atomic E-state index is 9.54. The van der Waals surface area contributed by atoms with Crippen LogP contribution in [-0.2, 0) is 0 Å². The van der Waals surface area contributed by atoms with E-state index in [-0.39, 0.29) is 6.54 Å². The Bertz CT molecular complexity index is 347. The number of nitrogens with one attached hydrogen (secondary N) is 1. The summed E-state index contributed by atoms with van der Waals surface area (Å²) in [4.78, 5) is 5.26. The van der Waals surface area contributed by atoms with Gasteiger partial charge in [-0.2, -0.15) is 0 Å². The number of aromatic amines is 1. The molecule has 14 heavy (non-hydrogen) atoms. The molecule has 0 saturated carbocycles. The van der Waals surface area contributed by atoms with Gasteiger partial charge < -0.3 is 15.2 Å². The van der Waals surface area contributed by atoms with E-state index in [9.17, 15) is 10.2 Å². The number of rotatable bonds is 4. The molecule has 0 bridgehead atoms. The summed E-state index contributed by atoms with van der Waals surface area (Å²) in [6.07, 6.45) is -0.540. The molecular formula is C7H9BrN4O2. The van der Waals surface area contributed by atoms with Crippen LogP contribution in [-0.4, -0.2) is 27.8 Å². The smallest absolute Gasteiger partial charge is 0.120 e. The van der Waals surface area contributed by atoms with E-state index >= 15 is 0 Å². The van der Waals surface area contributed by atoms with Crippen molar-refractivity contribution < 1.29 is 10.2 Å². The Morgan fingerprint density at radius 1 is 1.64 bits per heavy atom. The Morgan fingerprint density at radius 2 is 2.36 bits per heavy atom. The van der Waals surface area contributed by atoms with Gasteiger partial charge in [-0.3, -0.25) is 0 Å². The third-order valence-electron chi connectivity index (χ3n) is 1.69. The highest BCUT2D eigenvalue weighted by atomic mass is 79.9. The van der Waals surface area contributed by atoms with Crippen LogP contribution in [0.4, 0.5) is 0 Å². The standard InChI is InChI=1S/C7H9BrN4O2/c8-4-1-5(10-2-4)7(14)6(13)3-11-12-9/h1-2,6-7,10,13-14H,3H2. The van der Waals surface area contributed by atoms with Gasteiger partial charge in [-0.1, -0.05) is 5.11 Å². The zero-order valence-corrected chi connectivity index (χ0v) is 8.72. The summed E-state index contributed by atoms with van der Waals surface area (Å²) in [7, 11) is 0. The Morgan fingerprint density at radius 3 is 2.86 bits per heavy atom. The molecule has 1 aromatic rings. The fourth-order valence-corrected chi connectivity index (χ4v) is 1.34. The fraction of sp³-hybridized carbons (Fsp3) is 0.429. The molecule has 2 atom stereocenters. The second-order valence-corrected chi connectivity index (χ2v) is 3.61. The summed E-state index contributed by atoms with van der Waals surface area (Å²) < 4.78 is 0.780. The topological polar surface area (TPSA) is 105 Å². The minimum atomic E-state index is -1.10. The van der Waals surface area contributed by atoms with Crippen molar-refractivity contribution in [3.63, 3.8) is 0 Å². The van der Waals surface area contributed by atoms with Crippen LogP contribution in [0.15, 0.2) is 21.9 Å². The molecule has 0 radical (unpaired) electrons. The quantitative estimate of drug-likeness (QED) is 0.434. The predicted molar refractivity (Wildman–Crippen MR) is 53.5 cm³/mol. The largest absolute Gasteiger partial charge is 0.390 e. The van der Waals surface area contributed by atoms with Gasteiger partial charge in [-0.05, 0) is 27.5 Å². The van der Waals surface area contributed by atoms with E-state index in [2.05, 4.69) is 30.9 Å². The molecule has 2 unspecified atom stereocenters. The molecule has 7 heteroatoms. The number of aliphatic hydroxyl groups is 2. The number of H-pyrrole nitrogens is 1. The van der Waals surface area contributed by atoms with E-state index in [0.717, 1.165) is 4.47 Å². The molecule has 1 heterocycles. The van der Waals surface area contributed by atoms with Gasteiger partial charge in [0.05, 0.1) is 12.6 Å². The van der Waals surface area contributed by atoms with Gasteiger partial charge in [0, 0.05) is 21.3 Å². The predicted octanol–water partition coefficient (Wildman–Crippen LogP) is 1.48. The number of nitrogens with zero attached hydrogens (tertiary/aromatic N) is 3. The first kappa shape index (κ1) is 11.1. The van der Waals surface area contributed by atoms with Crippen molar-refractivity contribution in [3.8, 4) is 0 Å². The molecule has 1 aromatic heterocycles. The third kappa shape index (κ3) is 2.74. The summed E-state index contributed by atoms with van der Waals surface area (Å²) in [5.41, 5.74) is 8.49. The van der Waals surface area contributed by atoms with Crippen LogP contribution in [0.3, 0.4) is 0 Å². The molecule has 1 rings (SSSR count). The highest BCUT2D eigenvalue weighted by Gasteiger charge is 2.18. The van der Waals surface area contributed by atoms with Gasteiger partial charge in [0.2, 0.25) is 0 Å². The monoisotopic (exact) mass is 260 g/mol. The van der Waals surface area contributed by atoms with Crippen LogP contribution >= 0.6 is 15.9 Å². The van der Waals surface area contributed by atoms with Crippen molar-refractivity contribution in [1.29, 1.82) is 0 Å². The Balaban J connectivity index is 2.64. The average molecular weight is 261 g/mol. The zero-order chi connectivity index (χ0) is 10.6. The van der Waals surface area contributed by atoms with Crippen LogP contribution in [0.5, 0.6) is 0 Å². The zero-order valence-electron chi connectivity index (χ0n) is 7.13. The fourth-order valence-electron chi connectivity index (χ4n) is 0.982. The Hall–Kier alpha value is -1.01. The van der Waals surface area contributed by atoms with Gasteiger partial charge in [-0.25, -0.2) is 0 Å². The van der Waals surface area contributed by atoms with Crippen LogP contribution in [0, 0.1) is 0 Å². The van der Waals surface area contributed by atoms with Crippen LogP contribution in [0.2, 0.25) is 0 Å². The van der Waals surface area contributed by atoms with E-state index in [4.69, 9.17) is 5.53 Å². The number of hydrogen-bond acceptors (Lipinski definition) is 3. The van der Waals surface area contributed by atoms with Crippen LogP contribution in [0.25, 0.3) is 10.4 Å². The second kappa shape index (κ2) is 5.02. The lowest BCUT2D eigenvalue weighted by molar-refractivity contribution is 0.0221. The number of aromatic nitrogens is 1. The maximum Gasteiger partial charge on any atom is 0.120 e. The minimum absolute atomic E-state index is 0.158. The van der Waals surface area contributed by atoms with Crippen LogP contribution < -0.4 is 0 Å². The number of azide groups is 1. The van der Waals surface area contributed by atoms with E-state index < -0.39 is 12.2 Å². The summed E-state index contributed by atoms with van der Waals surface area (Å²) in [6, 6.07) is 1.64. The molecule has 0 fully saturated rings. The number of halogens is 1. The van der Waals surface area contributed by atoms with Gasteiger partial charge >= 0.3 is 0 Å². The van der Waals surface area contributed by atoms with Crippen molar-refractivity contribution in [2.75, 3.05) is 6.54 Å². The maximum absolute atomic E-state index is 9.54. The highest BCUT2D eigenvalue weighted by Crippen LogP contribution is 2.19. The van der Waals surface area contributed by atoms with E-state index in [1.54, 1.807) is 12.3 Å². The molecule has 0 aliphatic carbocycles. The Labute approximate surface area is 88.3 Å². The molecule has 6 nitrogen and oxygen atoms in total. The van der Waals surface area contributed by atoms with E-state index in [1.165, 1.54) is 0 Å². The van der Waals surface area contributed by atoms with E-state index in [0.29, 0.717) is 5.69 Å². The SMILES string of the molecule is [N-]=[N+]=NCC(O)C(O)c1cc(Br)c[nH]1. The molecule has 0 aliphatic rings. The van der Waals surface area contributed by atoms with Gasteiger partial charge in [0.25, 0.3) is 0 Å².